The van der Waals surface area contributed by atoms with Gasteiger partial charge in [-0.1, -0.05) is 90.2 Å². The fourth-order valence-electron chi connectivity index (χ4n) is 3.52. The number of carbonyl (C=O) groups excluding carboxylic acids is 1. The maximum Gasteiger partial charge on any atom is 0.311 e. The summed E-state index contributed by atoms with van der Waals surface area (Å²) in [5, 5.41) is 10.3. The molecule has 6 heteroatoms. The van der Waals surface area contributed by atoms with Crippen molar-refractivity contribution in [3.05, 3.63) is 53.6 Å². The standard InChI is InChI=1S/C27H38O5Si/c1-26(2,3)21-16-19(31-18-33(7,8)20-12-10-9-11-13-20)17-22(27(4,5)6)25(21)32-24(30)15-14-23(28)29/h9-13,16-17H,14-15,18H2,1-8H3,(H,28,29). The molecule has 0 atom stereocenters. The molecule has 0 amide bonds. The molecule has 0 fully saturated rings. The fraction of sp³-hybridized carbons (Fsp3) is 0.481. The van der Waals surface area contributed by atoms with E-state index in [0.29, 0.717) is 12.0 Å². The van der Waals surface area contributed by atoms with Crippen LogP contribution in [0.5, 0.6) is 11.5 Å². The summed E-state index contributed by atoms with van der Waals surface area (Å²) < 4.78 is 12.2. The average Bonchev–Trinajstić information content (AvgIpc) is 2.70. The largest absolute Gasteiger partial charge is 0.497 e. The summed E-state index contributed by atoms with van der Waals surface area (Å²) in [5.41, 5.74) is 1.11. The van der Waals surface area contributed by atoms with Crippen LogP contribution in [0.1, 0.15) is 65.5 Å². The quantitative estimate of drug-likeness (QED) is 0.309. The molecule has 0 aliphatic carbocycles. The SMILES string of the molecule is CC(C)(C)c1cc(OC[Si](C)(C)c2ccccc2)cc(C(C)(C)C)c1OC(=O)CCC(=O)O. The van der Waals surface area contributed by atoms with E-state index in [9.17, 15) is 9.59 Å². The lowest BCUT2D eigenvalue weighted by atomic mass is 9.79. The zero-order valence-corrected chi connectivity index (χ0v) is 22.2. The van der Waals surface area contributed by atoms with Gasteiger partial charge in [0, 0.05) is 11.1 Å². The van der Waals surface area contributed by atoms with Crippen molar-refractivity contribution in [2.45, 2.75) is 78.3 Å². The number of carboxylic acid groups (broad SMARTS) is 1. The fourth-order valence-corrected chi connectivity index (χ4v) is 5.31. The molecule has 0 spiro atoms. The molecule has 5 nitrogen and oxygen atoms in total. The molecule has 0 aliphatic rings. The van der Waals surface area contributed by atoms with Gasteiger partial charge < -0.3 is 14.6 Å². The van der Waals surface area contributed by atoms with E-state index in [1.54, 1.807) is 0 Å². The van der Waals surface area contributed by atoms with E-state index in [-0.39, 0.29) is 23.7 Å². The molecule has 1 N–H and O–H groups in total. The van der Waals surface area contributed by atoms with Gasteiger partial charge in [0.2, 0.25) is 0 Å². The number of hydrogen-bond donors (Lipinski definition) is 1. The van der Waals surface area contributed by atoms with E-state index >= 15 is 0 Å². The lowest BCUT2D eigenvalue weighted by molar-refractivity contribution is -0.142. The Morgan fingerprint density at radius 1 is 0.879 bits per heavy atom. The molecule has 0 aromatic heterocycles. The Hall–Kier alpha value is -2.60. The van der Waals surface area contributed by atoms with Crippen LogP contribution in [0.3, 0.4) is 0 Å². The van der Waals surface area contributed by atoms with Crippen LogP contribution >= 0.6 is 0 Å². The molecule has 0 aliphatic heterocycles. The van der Waals surface area contributed by atoms with E-state index in [4.69, 9.17) is 14.6 Å². The molecule has 0 saturated heterocycles. The normalized spacial score (nSPS) is 12.4. The Balaban J connectivity index is 2.46. The van der Waals surface area contributed by atoms with Gasteiger partial charge in [-0.2, -0.15) is 0 Å². The van der Waals surface area contributed by atoms with Gasteiger partial charge in [0.05, 0.1) is 19.1 Å². The maximum absolute atomic E-state index is 12.5. The molecule has 0 bridgehead atoms. The highest BCUT2D eigenvalue weighted by Crippen LogP contribution is 2.43. The molecule has 2 aromatic carbocycles. The van der Waals surface area contributed by atoms with Gasteiger partial charge in [-0.25, -0.2) is 0 Å². The van der Waals surface area contributed by atoms with E-state index in [0.717, 1.165) is 16.9 Å². The van der Waals surface area contributed by atoms with Crippen molar-refractivity contribution in [1.29, 1.82) is 0 Å². The van der Waals surface area contributed by atoms with Gasteiger partial charge in [-0.05, 0) is 23.0 Å². The molecule has 33 heavy (non-hydrogen) atoms. The zero-order chi connectivity index (χ0) is 25.0. The molecular formula is C27H38O5Si. The lowest BCUT2D eigenvalue weighted by Gasteiger charge is -2.30. The minimum absolute atomic E-state index is 0.169. The van der Waals surface area contributed by atoms with Gasteiger partial charge in [0.1, 0.15) is 19.6 Å². The van der Waals surface area contributed by atoms with Crippen molar-refractivity contribution in [2.24, 2.45) is 0 Å². The Labute approximate surface area is 199 Å². The van der Waals surface area contributed by atoms with Gasteiger partial charge in [0.15, 0.2) is 0 Å². The summed E-state index contributed by atoms with van der Waals surface area (Å²) in [4.78, 5) is 23.4. The first kappa shape index (κ1) is 26.6. The van der Waals surface area contributed by atoms with Crippen LogP contribution in [0.25, 0.3) is 0 Å². The van der Waals surface area contributed by atoms with E-state index in [1.807, 2.05) is 18.2 Å². The summed E-state index contributed by atoms with van der Waals surface area (Å²) in [5.74, 6) is -0.295. The maximum atomic E-state index is 12.5. The number of carboxylic acids is 1. The second-order valence-electron chi connectivity index (χ2n) is 11.3. The van der Waals surface area contributed by atoms with Crippen LogP contribution in [-0.2, 0) is 20.4 Å². The van der Waals surface area contributed by atoms with Gasteiger partial charge in [-0.3, -0.25) is 9.59 Å². The third-order valence-corrected chi connectivity index (χ3v) is 8.35. The second kappa shape index (κ2) is 10.1. The van der Waals surface area contributed by atoms with Gasteiger partial charge in [0.25, 0.3) is 0 Å². The number of ether oxygens (including phenoxy) is 2. The predicted molar refractivity (Wildman–Crippen MR) is 135 cm³/mol. The van der Waals surface area contributed by atoms with Crippen molar-refractivity contribution in [3.8, 4) is 11.5 Å². The van der Waals surface area contributed by atoms with Crippen LogP contribution in [0.15, 0.2) is 42.5 Å². The second-order valence-corrected chi connectivity index (χ2v) is 15.9. The van der Waals surface area contributed by atoms with E-state index < -0.39 is 20.0 Å². The molecule has 0 unspecified atom stereocenters. The van der Waals surface area contributed by atoms with Crippen molar-refractivity contribution in [1.82, 2.24) is 0 Å². The Morgan fingerprint density at radius 2 is 1.39 bits per heavy atom. The molecule has 0 radical (unpaired) electrons. The van der Waals surface area contributed by atoms with Crippen LogP contribution in [0.2, 0.25) is 13.1 Å². The highest BCUT2D eigenvalue weighted by molar-refractivity contribution is 6.89. The first-order valence-electron chi connectivity index (χ1n) is 11.4. The molecule has 0 saturated carbocycles. The summed E-state index contributed by atoms with van der Waals surface area (Å²) in [6, 6.07) is 14.4. The third kappa shape index (κ3) is 7.46. The van der Waals surface area contributed by atoms with Crippen LogP contribution < -0.4 is 14.7 Å². The zero-order valence-electron chi connectivity index (χ0n) is 21.2. The summed E-state index contributed by atoms with van der Waals surface area (Å²) in [6.07, 6.45) is 0.203. The summed E-state index contributed by atoms with van der Waals surface area (Å²) in [6.45, 7) is 17.0. The third-order valence-electron chi connectivity index (χ3n) is 5.59. The predicted octanol–water partition coefficient (Wildman–Crippen LogP) is 5.59. The van der Waals surface area contributed by atoms with Crippen molar-refractivity contribution in [3.63, 3.8) is 0 Å². The number of aliphatic carboxylic acids is 1. The topological polar surface area (TPSA) is 72.8 Å². The molecular weight excluding hydrogens is 432 g/mol. The Bertz CT molecular complexity index is 947. The first-order valence-corrected chi connectivity index (χ1v) is 14.6. The number of rotatable bonds is 8. The Kier molecular flexibility index (Phi) is 8.17. The number of carbonyl (C=O) groups is 2. The molecule has 180 valence electrons. The highest BCUT2D eigenvalue weighted by Gasteiger charge is 2.31. The van der Waals surface area contributed by atoms with Crippen LogP contribution in [0.4, 0.5) is 0 Å². The highest BCUT2D eigenvalue weighted by atomic mass is 28.3. The van der Waals surface area contributed by atoms with E-state index in [2.05, 4.69) is 78.9 Å². The van der Waals surface area contributed by atoms with Crippen molar-refractivity contribution >= 4 is 25.2 Å². The lowest BCUT2D eigenvalue weighted by Crippen LogP contribution is -2.47. The van der Waals surface area contributed by atoms with Gasteiger partial charge >= 0.3 is 11.9 Å². The number of hydrogen-bond acceptors (Lipinski definition) is 4. The monoisotopic (exact) mass is 470 g/mol. The van der Waals surface area contributed by atoms with E-state index in [1.165, 1.54) is 5.19 Å². The summed E-state index contributed by atoms with van der Waals surface area (Å²) in [7, 11) is -1.81. The minimum atomic E-state index is -1.81. The Morgan fingerprint density at radius 3 is 1.85 bits per heavy atom. The van der Waals surface area contributed by atoms with Crippen LogP contribution in [0, 0.1) is 0 Å². The number of esters is 1. The van der Waals surface area contributed by atoms with Crippen molar-refractivity contribution in [2.75, 3.05) is 6.23 Å². The molecule has 2 rings (SSSR count). The number of benzene rings is 2. The first-order chi connectivity index (χ1) is 15.1. The molecule has 2 aromatic rings. The smallest absolute Gasteiger partial charge is 0.311 e. The summed E-state index contributed by atoms with van der Waals surface area (Å²) >= 11 is 0. The van der Waals surface area contributed by atoms with Crippen molar-refractivity contribution < 1.29 is 24.2 Å². The minimum Gasteiger partial charge on any atom is -0.497 e. The van der Waals surface area contributed by atoms with Crippen LogP contribution in [-0.4, -0.2) is 31.3 Å². The average molecular weight is 471 g/mol. The molecule has 0 heterocycles. The van der Waals surface area contributed by atoms with Gasteiger partial charge in [-0.15, -0.1) is 0 Å².